The maximum absolute atomic E-state index is 12.7. The highest BCUT2D eigenvalue weighted by Crippen LogP contribution is 2.23. The van der Waals surface area contributed by atoms with E-state index in [1.54, 1.807) is 28.4 Å². The summed E-state index contributed by atoms with van der Waals surface area (Å²) in [6.45, 7) is 2.45. The Labute approximate surface area is 155 Å². The number of thiazole rings is 1. The molecule has 0 saturated carbocycles. The number of ether oxygens (including phenoxy) is 1. The first-order chi connectivity index (χ1) is 12.6. The SMILES string of the molecule is CCc1nc(CN2CCN(C(=O)c3ccccc3OC(F)F)CC2)cs1. The zero-order valence-corrected chi connectivity index (χ0v) is 15.3. The lowest BCUT2D eigenvalue weighted by atomic mass is 10.1. The smallest absolute Gasteiger partial charge is 0.387 e. The Hall–Kier alpha value is -2.06. The van der Waals surface area contributed by atoms with Crippen LogP contribution in [0.2, 0.25) is 0 Å². The summed E-state index contributed by atoms with van der Waals surface area (Å²) in [6, 6.07) is 6.14. The summed E-state index contributed by atoms with van der Waals surface area (Å²) in [4.78, 5) is 21.2. The number of carbonyl (C=O) groups is 1. The van der Waals surface area contributed by atoms with Crippen LogP contribution < -0.4 is 4.74 Å². The Morgan fingerprint density at radius 1 is 1.27 bits per heavy atom. The van der Waals surface area contributed by atoms with Crippen LogP contribution in [-0.2, 0) is 13.0 Å². The fraction of sp³-hybridized carbons (Fsp3) is 0.444. The molecule has 5 nitrogen and oxygen atoms in total. The van der Waals surface area contributed by atoms with Gasteiger partial charge in [-0.05, 0) is 18.6 Å². The van der Waals surface area contributed by atoms with Crippen molar-refractivity contribution in [1.29, 1.82) is 0 Å². The fourth-order valence-corrected chi connectivity index (χ4v) is 3.67. The maximum atomic E-state index is 12.7. The monoisotopic (exact) mass is 381 g/mol. The third kappa shape index (κ3) is 4.56. The van der Waals surface area contributed by atoms with E-state index in [-0.39, 0.29) is 17.2 Å². The largest absolute Gasteiger partial charge is 0.434 e. The van der Waals surface area contributed by atoms with Crippen molar-refractivity contribution in [3.8, 4) is 5.75 Å². The van der Waals surface area contributed by atoms with Crippen LogP contribution in [0.1, 0.15) is 28.0 Å². The third-order valence-corrected chi connectivity index (χ3v) is 5.32. The Morgan fingerprint density at radius 2 is 2.00 bits per heavy atom. The number of hydrogen-bond donors (Lipinski definition) is 0. The lowest BCUT2D eigenvalue weighted by Gasteiger charge is -2.34. The number of para-hydroxylation sites is 1. The van der Waals surface area contributed by atoms with Gasteiger partial charge in [0.05, 0.1) is 16.3 Å². The van der Waals surface area contributed by atoms with Crippen LogP contribution in [0.5, 0.6) is 5.75 Å². The Bertz CT molecular complexity index is 746. The predicted molar refractivity (Wildman–Crippen MR) is 95.7 cm³/mol. The van der Waals surface area contributed by atoms with Crippen molar-refractivity contribution in [3.05, 3.63) is 45.9 Å². The predicted octanol–water partition coefficient (Wildman–Crippen LogP) is 3.26. The van der Waals surface area contributed by atoms with Crippen LogP contribution in [0, 0.1) is 0 Å². The molecule has 8 heteroatoms. The molecular weight excluding hydrogens is 360 g/mol. The number of alkyl halides is 2. The molecule has 1 aromatic heterocycles. The topological polar surface area (TPSA) is 45.7 Å². The molecule has 1 aromatic carbocycles. The van der Waals surface area contributed by atoms with Gasteiger partial charge in [-0.1, -0.05) is 19.1 Å². The number of rotatable bonds is 6. The second kappa shape index (κ2) is 8.55. The Balaban J connectivity index is 1.58. The zero-order valence-electron chi connectivity index (χ0n) is 14.5. The standard InChI is InChI=1S/C18H21F2N3O2S/c1-2-16-21-13(12-26-16)11-22-7-9-23(10-8-22)17(24)14-5-3-4-6-15(14)25-18(19)20/h3-6,12,18H,2,7-11H2,1H3. The molecule has 0 bridgehead atoms. The average Bonchev–Trinajstić information content (AvgIpc) is 3.09. The molecular formula is C18H21F2N3O2S. The first kappa shape index (κ1) is 18.7. The van der Waals surface area contributed by atoms with Crippen molar-refractivity contribution >= 4 is 17.2 Å². The molecule has 0 unspecified atom stereocenters. The minimum absolute atomic E-state index is 0.0792. The van der Waals surface area contributed by atoms with Crippen molar-refractivity contribution in [2.24, 2.45) is 0 Å². The highest BCUT2D eigenvalue weighted by molar-refractivity contribution is 7.09. The molecule has 3 rings (SSSR count). The van der Waals surface area contributed by atoms with Crippen LogP contribution in [0.15, 0.2) is 29.6 Å². The third-order valence-electron chi connectivity index (χ3n) is 4.28. The molecule has 0 aliphatic carbocycles. The van der Waals surface area contributed by atoms with Crippen molar-refractivity contribution in [1.82, 2.24) is 14.8 Å². The number of hydrogen-bond acceptors (Lipinski definition) is 5. The maximum Gasteiger partial charge on any atom is 0.387 e. The summed E-state index contributed by atoms with van der Waals surface area (Å²) in [5, 5.41) is 3.21. The van der Waals surface area contributed by atoms with Crippen LogP contribution >= 0.6 is 11.3 Å². The lowest BCUT2D eigenvalue weighted by molar-refractivity contribution is -0.0503. The number of piperazine rings is 1. The number of halogens is 2. The highest BCUT2D eigenvalue weighted by atomic mass is 32.1. The molecule has 1 aliphatic rings. The number of aromatic nitrogens is 1. The number of amides is 1. The minimum atomic E-state index is -2.95. The molecule has 1 amide bonds. The quantitative estimate of drug-likeness (QED) is 0.771. The van der Waals surface area contributed by atoms with Crippen LogP contribution in [0.3, 0.4) is 0 Å². The average molecular weight is 381 g/mol. The molecule has 0 N–H and O–H groups in total. The fourth-order valence-electron chi connectivity index (χ4n) is 2.93. The van der Waals surface area contributed by atoms with Crippen molar-refractivity contribution in [3.63, 3.8) is 0 Å². The van der Waals surface area contributed by atoms with Crippen LogP contribution in [0.4, 0.5) is 8.78 Å². The van der Waals surface area contributed by atoms with Gasteiger partial charge in [0.1, 0.15) is 5.75 Å². The minimum Gasteiger partial charge on any atom is -0.434 e. The summed E-state index contributed by atoms with van der Waals surface area (Å²) < 4.78 is 29.5. The van der Waals surface area contributed by atoms with Crippen molar-refractivity contribution < 1.29 is 18.3 Å². The molecule has 140 valence electrons. The van der Waals surface area contributed by atoms with Gasteiger partial charge in [-0.25, -0.2) is 4.98 Å². The molecule has 0 atom stereocenters. The van der Waals surface area contributed by atoms with E-state index in [0.717, 1.165) is 36.8 Å². The Morgan fingerprint density at radius 3 is 2.65 bits per heavy atom. The van der Waals surface area contributed by atoms with E-state index >= 15 is 0 Å². The van der Waals surface area contributed by atoms with Gasteiger partial charge in [0.15, 0.2) is 0 Å². The molecule has 1 saturated heterocycles. The first-order valence-corrected chi connectivity index (χ1v) is 9.43. The molecule has 26 heavy (non-hydrogen) atoms. The van der Waals surface area contributed by atoms with E-state index in [1.807, 2.05) is 0 Å². The van der Waals surface area contributed by atoms with Crippen molar-refractivity contribution in [2.75, 3.05) is 26.2 Å². The normalized spacial score (nSPS) is 15.5. The lowest BCUT2D eigenvalue weighted by Crippen LogP contribution is -2.48. The van der Waals surface area contributed by atoms with Crippen molar-refractivity contribution in [2.45, 2.75) is 26.5 Å². The second-order valence-corrected chi connectivity index (χ2v) is 6.97. The van der Waals surface area contributed by atoms with E-state index in [0.29, 0.717) is 13.1 Å². The molecule has 0 spiro atoms. The van der Waals surface area contributed by atoms with Gasteiger partial charge in [0.2, 0.25) is 0 Å². The summed E-state index contributed by atoms with van der Waals surface area (Å²) in [5.74, 6) is -0.354. The summed E-state index contributed by atoms with van der Waals surface area (Å²) >= 11 is 1.67. The van der Waals surface area contributed by atoms with E-state index in [2.05, 4.69) is 26.9 Å². The van der Waals surface area contributed by atoms with E-state index < -0.39 is 6.61 Å². The van der Waals surface area contributed by atoms with Gasteiger partial charge < -0.3 is 9.64 Å². The number of carbonyl (C=O) groups excluding carboxylic acids is 1. The van der Waals surface area contributed by atoms with Crippen LogP contribution in [-0.4, -0.2) is 53.5 Å². The van der Waals surface area contributed by atoms with Crippen LogP contribution in [0.25, 0.3) is 0 Å². The van der Waals surface area contributed by atoms with E-state index in [1.165, 1.54) is 12.1 Å². The first-order valence-electron chi connectivity index (χ1n) is 8.55. The van der Waals surface area contributed by atoms with Gasteiger partial charge in [-0.3, -0.25) is 9.69 Å². The van der Waals surface area contributed by atoms with Gasteiger partial charge in [-0.2, -0.15) is 8.78 Å². The second-order valence-electron chi connectivity index (χ2n) is 6.03. The molecule has 1 aliphatic heterocycles. The van der Waals surface area contributed by atoms with E-state index in [9.17, 15) is 13.6 Å². The number of nitrogens with zero attached hydrogens (tertiary/aromatic N) is 3. The molecule has 2 heterocycles. The van der Waals surface area contributed by atoms with Gasteiger partial charge in [0, 0.05) is 38.1 Å². The zero-order chi connectivity index (χ0) is 18.5. The van der Waals surface area contributed by atoms with Gasteiger partial charge >= 0.3 is 6.61 Å². The van der Waals surface area contributed by atoms with E-state index in [4.69, 9.17) is 0 Å². The molecule has 1 fully saturated rings. The summed E-state index contributed by atoms with van der Waals surface area (Å²) in [5.41, 5.74) is 1.23. The summed E-state index contributed by atoms with van der Waals surface area (Å²) in [6.07, 6.45) is 0.938. The summed E-state index contributed by atoms with van der Waals surface area (Å²) in [7, 11) is 0. The highest BCUT2D eigenvalue weighted by Gasteiger charge is 2.25. The molecule has 0 radical (unpaired) electrons. The van der Waals surface area contributed by atoms with Gasteiger partial charge in [-0.15, -0.1) is 11.3 Å². The molecule has 2 aromatic rings. The number of aryl methyl sites for hydroxylation is 1. The Kier molecular flexibility index (Phi) is 6.16. The van der Waals surface area contributed by atoms with Gasteiger partial charge in [0.25, 0.3) is 5.91 Å². The number of benzene rings is 1.